The number of halogens is 1. The fourth-order valence-corrected chi connectivity index (χ4v) is 3.10. The van der Waals surface area contributed by atoms with Gasteiger partial charge in [0.05, 0.1) is 12.0 Å². The number of benzene rings is 1. The summed E-state index contributed by atoms with van der Waals surface area (Å²) in [5, 5.41) is -0.349. The summed E-state index contributed by atoms with van der Waals surface area (Å²) in [5.41, 5.74) is 0.567. The van der Waals surface area contributed by atoms with E-state index < -0.39 is 5.97 Å². The molecular formula is C16H14BrNO5S. The largest absolute Gasteiger partial charge is 0.481 e. The van der Waals surface area contributed by atoms with Gasteiger partial charge in [0.2, 0.25) is 0 Å². The Kier molecular flexibility index (Phi) is 6.22. The van der Waals surface area contributed by atoms with Crippen molar-refractivity contribution >= 4 is 50.9 Å². The van der Waals surface area contributed by atoms with Crippen LogP contribution < -0.4 is 4.74 Å². The van der Waals surface area contributed by atoms with E-state index in [1.807, 2.05) is 0 Å². The number of imide groups is 1. The zero-order chi connectivity index (χ0) is 17.7. The molecule has 1 saturated heterocycles. The maximum Gasteiger partial charge on any atom is 0.343 e. The van der Waals surface area contributed by atoms with Crippen molar-refractivity contribution in [3.05, 3.63) is 45.8 Å². The third-order valence-corrected chi connectivity index (χ3v) is 4.42. The van der Waals surface area contributed by atoms with Crippen LogP contribution in [0.3, 0.4) is 0 Å². The monoisotopic (exact) mass is 411 g/mol. The highest BCUT2D eigenvalue weighted by molar-refractivity contribution is 9.10. The van der Waals surface area contributed by atoms with Crippen LogP contribution in [0, 0.1) is 0 Å². The number of rotatable bonds is 6. The molecule has 0 aliphatic carbocycles. The van der Waals surface area contributed by atoms with E-state index in [4.69, 9.17) is 4.74 Å². The van der Waals surface area contributed by atoms with E-state index in [9.17, 15) is 14.4 Å². The summed E-state index contributed by atoms with van der Waals surface area (Å²) in [5.74, 6) is -0.502. The van der Waals surface area contributed by atoms with E-state index in [1.54, 1.807) is 24.3 Å². The molecule has 126 valence electrons. The molecule has 0 N–H and O–H groups in total. The van der Waals surface area contributed by atoms with Gasteiger partial charge in [-0.1, -0.05) is 22.0 Å². The molecule has 1 aromatic rings. The van der Waals surface area contributed by atoms with Gasteiger partial charge >= 0.3 is 5.97 Å². The summed E-state index contributed by atoms with van der Waals surface area (Å²) in [7, 11) is 1.27. The SMILES string of the molecule is C=CCN1C(=O)SC(=Cc2cc(Br)ccc2OCC(=O)OC)C1=O. The minimum Gasteiger partial charge on any atom is -0.481 e. The van der Waals surface area contributed by atoms with E-state index in [1.165, 1.54) is 13.2 Å². The number of ether oxygens (including phenoxy) is 2. The highest BCUT2D eigenvalue weighted by Crippen LogP contribution is 2.34. The maximum absolute atomic E-state index is 12.3. The van der Waals surface area contributed by atoms with Gasteiger partial charge in [-0.2, -0.15) is 0 Å². The fourth-order valence-electron chi connectivity index (χ4n) is 1.89. The van der Waals surface area contributed by atoms with Gasteiger partial charge in [0.15, 0.2) is 6.61 Å². The van der Waals surface area contributed by atoms with Crippen LogP contribution in [0.2, 0.25) is 0 Å². The molecule has 24 heavy (non-hydrogen) atoms. The molecule has 0 spiro atoms. The second-order valence-corrected chi connectivity index (χ2v) is 6.54. The quantitative estimate of drug-likeness (QED) is 0.406. The number of carbonyl (C=O) groups is 3. The molecular weight excluding hydrogens is 398 g/mol. The molecule has 8 heteroatoms. The van der Waals surface area contributed by atoms with E-state index in [0.29, 0.717) is 11.3 Å². The van der Waals surface area contributed by atoms with Crippen molar-refractivity contribution in [2.45, 2.75) is 0 Å². The zero-order valence-electron chi connectivity index (χ0n) is 12.8. The predicted octanol–water partition coefficient (Wildman–Crippen LogP) is 3.22. The molecule has 2 amide bonds. The second kappa shape index (κ2) is 8.16. The second-order valence-electron chi connectivity index (χ2n) is 4.63. The van der Waals surface area contributed by atoms with Gasteiger partial charge < -0.3 is 9.47 Å². The number of methoxy groups -OCH3 is 1. The highest BCUT2D eigenvalue weighted by atomic mass is 79.9. The molecule has 1 aliphatic rings. The number of carbonyl (C=O) groups excluding carboxylic acids is 3. The topological polar surface area (TPSA) is 72.9 Å². The normalized spacial score (nSPS) is 15.8. The molecule has 0 bridgehead atoms. The summed E-state index contributed by atoms with van der Waals surface area (Å²) in [6, 6.07) is 5.13. The maximum atomic E-state index is 12.3. The van der Waals surface area contributed by atoms with E-state index in [2.05, 4.69) is 27.2 Å². The van der Waals surface area contributed by atoms with Gasteiger partial charge in [-0.3, -0.25) is 14.5 Å². The van der Waals surface area contributed by atoms with E-state index >= 15 is 0 Å². The van der Waals surface area contributed by atoms with Crippen molar-refractivity contribution in [2.24, 2.45) is 0 Å². The number of hydrogen-bond donors (Lipinski definition) is 0. The first kappa shape index (κ1) is 18.3. The smallest absolute Gasteiger partial charge is 0.343 e. The molecule has 0 radical (unpaired) electrons. The molecule has 0 atom stereocenters. The van der Waals surface area contributed by atoms with Gasteiger partial charge in [0.25, 0.3) is 11.1 Å². The molecule has 1 fully saturated rings. The molecule has 1 aliphatic heterocycles. The van der Waals surface area contributed by atoms with Gasteiger partial charge in [-0.15, -0.1) is 6.58 Å². The van der Waals surface area contributed by atoms with Crippen molar-refractivity contribution in [3.8, 4) is 5.75 Å². The molecule has 1 aromatic carbocycles. The molecule has 6 nitrogen and oxygen atoms in total. The van der Waals surface area contributed by atoms with E-state index in [-0.39, 0.29) is 29.2 Å². The van der Waals surface area contributed by atoms with Crippen LogP contribution in [0.25, 0.3) is 6.08 Å². The van der Waals surface area contributed by atoms with Crippen molar-refractivity contribution in [2.75, 3.05) is 20.3 Å². The summed E-state index contributed by atoms with van der Waals surface area (Å²) in [4.78, 5) is 36.7. The number of nitrogens with zero attached hydrogens (tertiary/aromatic N) is 1. The lowest BCUT2D eigenvalue weighted by Gasteiger charge is -2.10. The average molecular weight is 412 g/mol. The Balaban J connectivity index is 2.29. The Morgan fingerprint density at radius 1 is 1.42 bits per heavy atom. The molecule has 2 rings (SSSR count). The van der Waals surface area contributed by atoms with Crippen molar-refractivity contribution in [1.29, 1.82) is 0 Å². The standard InChI is InChI=1S/C16H14BrNO5S/c1-3-6-18-15(20)13(24-16(18)21)8-10-7-11(17)4-5-12(10)23-9-14(19)22-2/h3-5,7-8H,1,6,9H2,2H3. The van der Waals surface area contributed by atoms with Crippen LogP contribution >= 0.6 is 27.7 Å². The number of hydrogen-bond acceptors (Lipinski definition) is 6. The lowest BCUT2D eigenvalue weighted by atomic mass is 10.2. The Bertz CT molecular complexity index is 731. The van der Waals surface area contributed by atoms with Crippen molar-refractivity contribution < 1.29 is 23.9 Å². The third kappa shape index (κ3) is 4.27. The fraction of sp³-hybridized carbons (Fsp3) is 0.188. The van der Waals surface area contributed by atoms with Crippen LogP contribution in [0.15, 0.2) is 40.2 Å². The number of thioether (sulfide) groups is 1. The van der Waals surface area contributed by atoms with Gasteiger partial charge in [0.1, 0.15) is 5.75 Å². The minimum atomic E-state index is -0.518. The number of esters is 1. The summed E-state index contributed by atoms with van der Waals surface area (Å²) < 4.78 is 10.7. The summed E-state index contributed by atoms with van der Waals surface area (Å²) >= 11 is 4.19. The average Bonchev–Trinajstić information content (AvgIpc) is 2.81. The lowest BCUT2D eigenvalue weighted by molar-refractivity contribution is -0.142. The molecule has 0 unspecified atom stereocenters. The lowest BCUT2D eigenvalue weighted by Crippen LogP contribution is -2.27. The molecule has 0 saturated carbocycles. The van der Waals surface area contributed by atoms with Gasteiger partial charge in [-0.25, -0.2) is 4.79 Å². The Hall–Kier alpha value is -2.06. The van der Waals surface area contributed by atoms with Crippen LogP contribution in [0.4, 0.5) is 4.79 Å². The van der Waals surface area contributed by atoms with Crippen molar-refractivity contribution in [3.63, 3.8) is 0 Å². The van der Waals surface area contributed by atoms with Gasteiger partial charge in [-0.05, 0) is 36.0 Å². The molecule has 0 aromatic heterocycles. The molecule has 1 heterocycles. The Morgan fingerprint density at radius 3 is 2.83 bits per heavy atom. The first-order valence-corrected chi connectivity index (χ1v) is 8.42. The predicted molar refractivity (Wildman–Crippen MR) is 94.5 cm³/mol. The van der Waals surface area contributed by atoms with Crippen LogP contribution in [-0.4, -0.2) is 42.3 Å². The summed E-state index contributed by atoms with van der Waals surface area (Å²) in [6.45, 7) is 3.44. The van der Waals surface area contributed by atoms with E-state index in [0.717, 1.165) is 21.1 Å². The third-order valence-electron chi connectivity index (χ3n) is 3.02. The van der Waals surface area contributed by atoms with Crippen LogP contribution in [0.5, 0.6) is 5.75 Å². The van der Waals surface area contributed by atoms with Crippen molar-refractivity contribution in [1.82, 2.24) is 4.90 Å². The zero-order valence-corrected chi connectivity index (χ0v) is 15.2. The summed E-state index contributed by atoms with van der Waals surface area (Å²) in [6.07, 6.45) is 3.05. The Labute approximate surface area is 151 Å². The van der Waals surface area contributed by atoms with Crippen LogP contribution in [0.1, 0.15) is 5.56 Å². The highest BCUT2D eigenvalue weighted by Gasteiger charge is 2.34. The minimum absolute atomic E-state index is 0.159. The van der Waals surface area contributed by atoms with Gasteiger partial charge in [0, 0.05) is 16.6 Å². The van der Waals surface area contributed by atoms with Crippen LogP contribution in [-0.2, 0) is 14.3 Å². The first-order valence-electron chi connectivity index (χ1n) is 6.81. The Morgan fingerprint density at radius 2 is 2.17 bits per heavy atom. The number of amides is 2. The first-order chi connectivity index (χ1) is 11.5.